The van der Waals surface area contributed by atoms with Gasteiger partial charge in [0.1, 0.15) is 0 Å². The molecule has 36 valence electrons. The molecule has 0 fully saturated rings. The first-order valence-corrected chi connectivity index (χ1v) is 5.51. The number of carboxylic acid groups (broad SMARTS) is 1. The molecule has 0 aromatic carbocycles. The second-order valence-electron chi connectivity index (χ2n) is 1.12. The van der Waals surface area contributed by atoms with Gasteiger partial charge < -0.3 is 0 Å². The second kappa shape index (κ2) is 1.83. The topological polar surface area (TPSA) is 40.1 Å². The van der Waals surface area contributed by atoms with Crippen LogP contribution in [-0.4, -0.2) is 31.9 Å². The number of rotatable bonds is 1. The Labute approximate surface area is 51.9 Å². The zero-order valence-electron chi connectivity index (χ0n) is 3.42. The van der Waals surface area contributed by atoms with Crippen LogP contribution >= 0.6 is 0 Å². The van der Waals surface area contributed by atoms with Crippen molar-refractivity contribution in [3.63, 3.8) is 0 Å². The second-order valence-corrected chi connectivity index (χ2v) is 5.15. The van der Waals surface area contributed by atoms with Crippen LogP contribution < -0.4 is 5.11 Å². The fourth-order valence-electron chi connectivity index (χ4n) is 0.270. The van der Waals surface area contributed by atoms with Crippen LogP contribution in [0.3, 0.4) is 0 Å². The van der Waals surface area contributed by atoms with Crippen molar-refractivity contribution < 1.29 is 9.90 Å². The predicted molar refractivity (Wildman–Crippen MR) is 24.9 cm³/mol. The molecule has 1 aliphatic rings. The zero-order valence-corrected chi connectivity index (χ0v) is 6.90. The summed E-state index contributed by atoms with van der Waals surface area (Å²) >= 11 is -0.762. The van der Waals surface area contributed by atoms with E-state index in [9.17, 15) is 9.90 Å². The van der Waals surface area contributed by atoms with Crippen molar-refractivity contribution in [2.24, 2.45) is 0 Å². The van der Waals surface area contributed by atoms with Gasteiger partial charge in [-0.05, 0) is 0 Å². The van der Waals surface area contributed by atoms with Gasteiger partial charge in [-0.3, -0.25) is 0 Å². The molecule has 0 atom stereocenters. The molecule has 0 aliphatic carbocycles. The molecular weight excluding hydrogens is 289 g/mol. The van der Waals surface area contributed by atoms with Gasteiger partial charge in [-0.15, -0.1) is 0 Å². The summed E-state index contributed by atoms with van der Waals surface area (Å²) in [6.45, 7) is 0. The Morgan fingerprint density at radius 3 is 2.43 bits per heavy atom. The van der Waals surface area contributed by atoms with Crippen molar-refractivity contribution in [1.82, 2.24) is 0 Å². The molecule has 0 N–H and O–H groups in total. The van der Waals surface area contributed by atoms with Crippen LogP contribution in [0.1, 0.15) is 0 Å². The Morgan fingerprint density at radius 1 is 1.86 bits per heavy atom. The standard InChI is InChI=1S/C4H3O2.Bi/c1-2-3-4(5)6;/h1-2H,(H,5,6);/p-1. The molecule has 0 unspecified atom stereocenters. The third-order valence-electron chi connectivity index (χ3n) is 0.655. The van der Waals surface area contributed by atoms with E-state index in [1.165, 1.54) is 0 Å². The van der Waals surface area contributed by atoms with Crippen LogP contribution in [0.2, 0.25) is 0 Å². The van der Waals surface area contributed by atoms with Crippen LogP contribution in [0.4, 0.5) is 0 Å². The Morgan fingerprint density at radius 2 is 2.43 bits per heavy atom. The van der Waals surface area contributed by atoms with Gasteiger partial charge in [-0.25, -0.2) is 0 Å². The van der Waals surface area contributed by atoms with Gasteiger partial charge >= 0.3 is 51.7 Å². The maximum absolute atomic E-state index is 9.83. The fraction of sp³-hybridized carbons (Fsp3) is 0. The van der Waals surface area contributed by atoms with Gasteiger partial charge in [-0.2, -0.15) is 0 Å². The molecule has 1 heterocycles. The monoisotopic (exact) mass is 291 g/mol. The summed E-state index contributed by atoms with van der Waals surface area (Å²) in [7, 11) is 0. The molecule has 0 spiro atoms. The summed E-state index contributed by atoms with van der Waals surface area (Å²) in [4.78, 5) is 9.83. The van der Waals surface area contributed by atoms with E-state index in [4.69, 9.17) is 0 Å². The number of carbonyl (C=O) groups excluding carboxylic acids is 1. The minimum atomic E-state index is -0.959. The van der Waals surface area contributed by atoms with Crippen molar-refractivity contribution in [2.75, 3.05) is 0 Å². The summed E-state index contributed by atoms with van der Waals surface area (Å²) < 4.78 is 2.55. The first-order chi connectivity index (χ1) is 3.30. The number of hydrogen-bond donors (Lipinski definition) is 0. The third kappa shape index (κ3) is 0.944. The molecular formula is C4H2BiO2-. The summed E-state index contributed by atoms with van der Waals surface area (Å²) in [5.41, 5.74) is 0. The molecule has 3 heteroatoms. The Balaban J connectivity index is 2.60. The fourth-order valence-corrected chi connectivity index (χ4v) is 1.84. The number of hydrogen-bond acceptors (Lipinski definition) is 2. The van der Waals surface area contributed by atoms with E-state index >= 15 is 0 Å². The summed E-state index contributed by atoms with van der Waals surface area (Å²) in [6.07, 6.45) is 1.63. The third-order valence-corrected chi connectivity index (χ3v) is 4.18. The molecule has 0 saturated heterocycles. The number of aliphatic carboxylic acids is 1. The Kier molecular flexibility index (Phi) is 1.33. The Hall–Kier alpha value is -0.0369. The van der Waals surface area contributed by atoms with Crippen molar-refractivity contribution in [2.45, 2.75) is 0 Å². The van der Waals surface area contributed by atoms with Crippen LogP contribution in [0, 0.1) is 0 Å². The number of carboxylic acids is 1. The van der Waals surface area contributed by atoms with Crippen molar-refractivity contribution in [3.8, 4) is 0 Å². The van der Waals surface area contributed by atoms with Gasteiger partial charge in [0.05, 0.1) is 0 Å². The summed E-state index contributed by atoms with van der Waals surface area (Å²) in [5.74, 6) is -0.959. The van der Waals surface area contributed by atoms with E-state index in [2.05, 4.69) is 0 Å². The normalized spacial score (nSPS) is 15.1. The zero-order chi connectivity index (χ0) is 5.28. The van der Waals surface area contributed by atoms with Gasteiger partial charge in [0, 0.05) is 0 Å². The van der Waals surface area contributed by atoms with E-state index < -0.39 is 28.7 Å². The molecule has 0 aromatic rings. The predicted octanol–water partition coefficient (Wildman–Crippen LogP) is -1.86. The van der Waals surface area contributed by atoms with Crippen LogP contribution in [0.15, 0.2) is 9.86 Å². The molecule has 0 saturated carbocycles. The first kappa shape index (κ1) is 5.11. The molecule has 1 rings (SSSR count). The van der Waals surface area contributed by atoms with Gasteiger partial charge in [0.15, 0.2) is 0 Å². The van der Waals surface area contributed by atoms with Crippen LogP contribution in [0.5, 0.6) is 0 Å². The molecule has 0 aromatic heterocycles. The molecule has 2 nitrogen and oxygen atoms in total. The minimum absolute atomic E-state index is 0.583. The van der Waals surface area contributed by atoms with Crippen molar-refractivity contribution in [1.29, 1.82) is 0 Å². The number of carbonyl (C=O) groups is 1. The molecule has 0 amide bonds. The maximum atomic E-state index is 9.83. The average Bonchev–Trinajstić information content (AvgIpc) is 1.23. The van der Waals surface area contributed by atoms with Crippen molar-refractivity contribution >= 4 is 31.9 Å². The van der Waals surface area contributed by atoms with Crippen LogP contribution in [0.25, 0.3) is 0 Å². The SMILES string of the molecule is O=C([O-])[C]1=[Bi][CH]=C1. The molecule has 1 aliphatic heterocycles. The van der Waals surface area contributed by atoms with Gasteiger partial charge in [0.2, 0.25) is 0 Å². The van der Waals surface area contributed by atoms with Crippen LogP contribution in [-0.2, 0) is 4.79 Å². The summed E-state index contributed by atoms with van der Waals surface area (Å²) in [6, 6.07) is 0. The molecule has 0 radical (unpaired) electrons. The first-order valence-electron chi connectivity index (χ1n) is 1.76. The van der Waals surface area contributed by atoms with E-state index in [0.717, 1.165) is 0 Å². The van der Waals surface area contributed by atoms with E-state index in [1.807, 2.05) is 3.78 Å². The quantitative estimate of drug-likeness (QED) is 0.532. The molecule has 7 heavy (non-hydrogen) atoms. The van der Waals surface area contributed by atoms with Gasteiger partial charge in [-0.1, -0.05) is 0 Å². The van der Waals surface area contributed by atoms with Crippen molar-refractivity contribution in [3.05, 3.63) is 9.86 Å². The molecule has 0 bridgehead atoms. The van der Waals surface area contributed by atoms with E-state index in [0.29, 0.717) is 3.21 Å². The van der Waals surface area contributed by atoms with Gasteiger partial charge in [0.25, 0.3) is 0 Å². The van der Waals surface area contributed by atoms with E-state index in [-0.39, 0.29) is 0 Å². The average molecular weight is 291 g/mol. The van der Waals surface area contributed by atoms with E-state index in [1.54, 1.807) is 6.08 Å². The Bertz CT molecular complexity index is 157. The summed E-state index contributed by atoms with van der Waals surface area (Å²) in [5, 5.41) is 9.83.